The first kappa shape index (κ1) is 22.8. The van der Waals surface area contributed by atoms with E-state index < -0.39 is 22.1 Å². The Bertz CT molecular complexity index is 1060. The van der Waals surface area contributed by atoms with Gasteiger partial charge in [-0.1, -0.05) is 25.5 Å². The summed E-state index contributed by atoms with van der Waals surface area (Å²) in [4.78, 5) is 37.9. The molecule has 166 valence electrons. The average Bonchev–Trinajstić information content (AvgIpc) is 3.31. The van der Waals surface area contributed by atoms with Crippen molar-refractivity contribution in [3.05, 3.63) is 51.7 Å². The predicted molar refractivity (Wildman–Crippen MR) is 116 cm³/mol. The molecule has 0 fully saturated rings. The van der Waals surface area contributed by atoms with Crippen molar-refractivity contribution < 1.29 is 22.8 Å². The molecule has 0 saturated carbocycles. The number of thiophene rings is 1. The molecule has 2 aromatic rings. The Kier molecular flexibility index (Phi) is 7.29. The van der Waals surface area contributed by atoms with Crippen LogP contribution >= 0.6 is 11.3 Å². The van der Waals surface area contributed by atoms with Gasteiger partial charge in [0.1, 0.15) is 0 Å². The second-order valence-corrected chi connectivity index (χ2v) is 9.61. The molecule has 11 heteroatoms. The molecular weight excluding hydrogens is 440 g/mol. The van der Waals surface area contributed by atoms with Gasteiger partial charge in [-0.3, -0.25) is 9.69 Å². The number of carbonyl (C=O) groups is 3. The van der Waals surface area contributed by atoms with Crippen LogP contribution in [-0.2, 0) is 23.0 Å². The minimum Gasteiger partial charge on any atom is -0.337 e. The summed E-state index contributed by atoms with van der Waals surface area (Å²) in [7, 11) is -3.96. The summed E-state index contributed by atoms with van der Waals surface area (Å²) in [6.45, 7) is 2.93. The van der Waals surface area contributed by atoms with Crippen LogP contribution in [0.15, 0.2) is 40.6 Å². The molecule has 0 bridgehead atoms. The van der Waals surface area contributed by atoms with E-state index in [0.29, 0.717) is 24.4 Å². The number of fused-ring (bicyclic) bond motifs is 1. The largest absolute Gasteiger partial charge is 0.337 e. The van der Waals surface area contributed by atoms with E-state index in [1.54, 1.807) is 12.1 Å². The van der Waals surface area contributed by atoms with Crippen molar-refractivity contribution in [3.8, 4) is 0 Å². The smallest absolute Gasteiger partial charge is 0.328 e. The highest BCUT2D eigenvalue weighted by molar-refractivity contribution is 7.90. The first-order valence-electron chi connectivity index (χ1n) is 9.87. The van der Waals surface area contributed by atoms with Crippen molar-refractivity contribution in [2.24, 2.45) is 0 Å². The molecule has 31 heavy (non-hydrogen) atoms. The maximum Gasteiger partial charge on any atom is 0.328 e. The maximum absolute atomic E-state index is 12.3. The molecule has 2 heterocycles. The zero-order valence-corrected chi connectivity index (χ0v) is 18.6. The van der Waals surface area contributed by atoms with Crippen molar-refractivity contribution in [2.75, 3.05) is 13.1 Å². The maximum atomic E-state index is 12.3. The number of imide groups is 1. The van der Waals surface area contributed by atoms with Crippen LogP contribution in [0.3, 0.4) is 0 Å². The summed E-state index contributed by atoms with van der Waals surface area (Å²) in [6, 6.07) is 6.67. The first-order valence-corrected chi connectivity index (χ1v) is 12.2. The predicted octanol–water partition coefficient (Wildman–Crippen LogP) is 2.44. The van der Waals surface area contributed by atoms with Crippen LogP contribution in [0.4, 0.5) is 9.59 Å². The fourth-order valence-corrected chi connectivity index (χ4v) is 4.81. The van der Waals surface area contributed by atoms with Crippen molar-refractivity contribution in [1.29, 1.82) is 0 Å². The SMILES string of the molecule is CCCCNC(=O)NS(=O)(=O)c1ccc(CCNC(=O)N2Cc3ccsc3C2=O)cc1. The number of carbonyl (C=O) groups excluding carboxylic acids is 3. The Morgan fingerprint density at radius 2 is 1.84 bits per heavy atom. The van der Waals surface area contributed by atoms with Gasteiger partial charge in [-0.15, -0.1) is 11.3 Å². The van der Waals surface area contributed by atoms with E-state index in [1.807, 2.05) is 23.1 Å². The van der Waals surface area contributed by atoms with Crippen molar-refractivity contribution in [2.45, 2.75) is 37.6 Å². The third-order valence-electron chi connectivity index (χ3n) is 4.73. The van der Waals surface area contributed by atoms with Crippen molar-refractivity contribution in [1.82, 2.24) is 20.3 Å². The van der Waals surface area contributed by atoms with E-state index in [4.69, 9.17) is 0 Å². The average molecular weight is 465 g/mol. The number of amides is 5. The van der Waals surface area contributed by atoms with Gasteiger partial charge in [0.2, 0.25) is 0 Å². The normalized spacial score (nSPS) is 13.1. The van der Waals surface area contributed by atoms with E-state index in [1.165, 1.54) is 28.4 Å². The molecule has 0 spiro atoms. The van der Waals surface area contributed by atoms with Gasteiger partial charge in [-0.2, -0.15) is 0 Å². The lowest BCUT2D eigenvalue weighted by Crippen LogP contribution is -2.40. The molecule has 0 aliphatic carbocycles. The minimum atomic E-state index is -3.96. The Balaban J connectivity index is 1.47. The monoisotopic (exact) mass is 464 g/mol. The lowest BCUT2D eigenvalue weighted by Gasteiger charge is -2.15. The Morgan fingerprint density at radius 1 is 1.10 bits per heavy atom. The molecule has 1 aliphatic rings. The summed E-state index contributed by atoms with van der Waals surface area (Å²) in [6.07, 6.45) is 2.11. The molecule has 0 radical (unpaired) electrons. The zero-order chi connectivity index (χ0) is 22.4. The topological polar surface area (TPSA) is 125 Å². The molecule has 5 amide bonds. The molecule has 3 N–H and O–H groups in total. The highest BCUT2D eigenvalue weighted by Gasteiger charge is 2.32. The number of hydrogen-bond donors (Lipinski definition) is 3. The molecule has 1 aliphatic heterocycles. The summed E-state index contributed by atoms with van der Waals surface area (Å²) in [5.41, 5.74) is 1.66. The van der Waals surface area contributed by atoms with Crippen LogP contribution in [0.1, 0.15) is 40.6 Å². The van der Waals surface area contributed by atoms with Crippen LogP contribution in [0.25, 0.3) is 0 Å². The highest BCUT2D eigenvalue weighted by atomic mass is 32.2. The lowest BCUT2D eigenvalue weighted by atomic mass is 10.1. The van der Waals surface area contributed by atoms with E-state index in [0.717, 1.165) is 24.0 Å². The fourth-order valence-electron chi connectivity index (χ4n) is 3.02. The van der Waals surface area contributed by atoms with Crippen LogP contribution in [0, 0.1) is 0 Å². The van der Waals surface area contributed by atoms with Gasteiger partial charge in [0.15, 0.2) is 0 Å². The number of rotatable bonds is 8. The number of nitrogens with zero attached hydrogens (tertiary/aromatic N) is 1. The number of urea groups is 2. The molecule has 3 rings (SSSR count). The Morgan fingerprint density at radius 3 is 2.52 bits per heavy atom. The summed E-state index contributed by atoms with van der Waals surface area (Å²) in [5.74, 6) is -0.289. The second kappa shape index (κ2) is 9.92. The number of sulfonamides is 1. The summed E-state index contributed by atoms with van der Waals surface area (Å²) < 4.78 is 26.5. The van der Waals surface area contributed by atoms with E-state index in [9.17, 15) is 22.8 Å². The van der Waals surface area contributed by atoms with Gasteiger partial charge in [-0.05, 0) is 47.5 Å². The molecule has 1 aromatic carbocycles. The summed E-state index contributed by atoms with van der Waals surface area (Å²) >= 11 is 1.32. The van der Waals surface area contributed by atoms with Gasteiger partial charge in [0.25, 0.3) is 15.9 Å². The third kappa shape index (κ3) is 5.61. The Hall–Kier alpha value is -2.92. The van der Waals surface area contributed by atoms with Crippen LogP contribution in [0.5, 0.6) is 0 Å². The lowest BCUT2D eigenvalue weighted by molar-refractivity contribution is 0.0824. The standard InChI is InChI=1S/C20H24N4O5S2/c1-2-3-10-21-19(26)23-31(28,29)16-6-4-14(5-7-16)8-11-22-20(27)24-13-15-9-12-30-17(15)18(24)25/h4-7,9,12H,2-3,8,10-11,13H2,1H3,(H,22,27)(H2,21,23,26). The minimum absolute atomic E-state index is 0.0280. The molecule has 0 atom stereocenters. The quantitative estimate of drug-likeness (QED) is 0.518. The molecule has 1 aromatic heterocycles. The molecule has 9 nitrogen and oxygen atoms in total. The van der Waals surface area contributed by atoms with E-state index in [2.05, 4.69) is 10.6 Å². The summed E-state index contributed by atoms with van der Waals surface area (Å²) in [5, 5.41) is 7.03. The van der Waals surface area contributed by atoms with Gasteiger partial charge in [-0.25, -0.2) is 22.7 Å². The van der Waals surface area contributed by atoms with Gasteiger partial charge >= 0.3 is 12.1 Å². The van der Waals surface area contributed by atoms with Crippen LogP contribution in [0.2, 0.25) is 0 Å². The molecular formula is C20H24N4O5S2. The zero-order valence-electron chi connectivity index (χ0n) is 17.0. The first-order chi connectivity index (χ1) is 14.8. The van der Waals surface area contributed by atoms with Gasteiger partial charge < -0.3 is 10.6 Å². The van der Waals surface area contributed by atoms with Crippen molar-refractivity contribution in [3.63, 3.8) is 0 Å². The third-order valence-corrected chi connectivity index (χ3v) is 7.02. The molecule has 0 unspecified atom stereocenters. The number of hydrogen-bond acceptors (Lipinski definition) is 6. The van der Waals surface area contributed by atoms with Gasteiger partial charge in [0, 0.05) is 13.1 Å². The Labute approximate surface area is 184 Å². The van der Waals surface area contributed by atoms with Crippen molar-refractivity contribution >= 4 is 39.3 Å². The fraction of sp³-hybridized carbons (Fsp3) is 0.350. The molecule has 0 saturated heterocycles. The van der Waals surface area contributed by atoms with Gasteiger partial charge in [0.05, 0.1) is 16.3 Å². The number of unbranched alkanes of at least 4 members (excludes halogenated alkanes) is 1. The van der Waals surface area contributed by atoms with Crippen LogP contribution in [-0.4, -0.2) is 44.4 Å². The van der Waals surface area contributed by atoms with Crippen LogP contribution < -0.4 is 15.4 Å². The van der Waals surface area contributed by atoms with E-state index >= 15 is 0 Å². The number of nitrogens with one attached hydrogen (secondary N) is 3. The highest BCUT2D eigenvalue weighted by Crippen LogP contribution is 2.27. The number of benzene rings is 1. The van der Waals surface area contributed by atoms with E-state index in [-0.39, 0.29) is 17.3 Å². The second-order valence-electron chi connectivity index (χ2n) is 7.01.